The predicted octanol–water partition coefficient (Wildman–Crippen LogP) is -0.656. The fraction of sp³-hybridized carbons (Fsp3) is 0.800. The van der Waals surface area contributed by atoms with Crippen molar-refractivity contribution >= 4 is 21.9 Å². The zero-order valence-electron chi connectivity index (χ0n) is 10.5. The molecule has 0 spiro atoms. The maximum absolute atomic E-state index is 11.8. The number of hydrogen-bond acceptors (Lipinski definition) is 4. The Kier molecular flexibility index (Phi) is 4.69. The maximum Gasteiger partial charge on any atom is 0.323 e. The molecule has 1 unspecified atom stereocenters. The van der Waals surface area contributed by atoms with Gasteiger partial charge in [-0.05, 0) is 19.8 Å². The van der Waals surface area contributed by atoms with Crippen molar-refractivity contribution in [3.63, 3.8) is 0 Å². The lowest BCUT2D eigenvalue weighted by molar-refractivity contribution is -0.136. The van der Waals surface area contributed by atoms with E-state index in [0.29, 0.717) is 13.1 Å². The number of carbonyl (C=O) groups is 2. The number of sulfonamides is 1. The average Bonchev–Trinajstić information content (AvgIpc) is 2.80. The number of amides is 1. The van der Waals surface area contributed by atoms with Crippen LogP contribution in [0.2, 0.25) is 0 Å². The molecule has 1 atom stereocenters. The number of carbonyl (C=O) groups excluding carboxylic acids is 1. The van der Waals surface area contributed by atoms with E-state index in [0.717, 1.165) is 24.1 Å². The minimum absolute atomic E-state index is 0.281. The summed E-state index contributed by atoms with van der Waals surface area (Å²) in [5, 5.41) is 7.16. The third kappa shape index (κ3) is 3.20. The molecule has 8 heteroatoms. The Morgan fingerprint density at radius 2 is 1.83 bits per heavy atom. The fourth-order valence-corrected chi connectivity index (χ4v) is 2.83. The molecule has 1 aliphatic heterocycles. The summed E-state index contributed by atoms with van der Waals surface area (Å²) in [5.74, 6) is -1.70. The molecule has 0 saturated carbocycles. The standard InChI is InChI=1S/C10H18N2O5S/c1-8(10(14)15)18(16,17)11(2)7-9(13)12-5-3-4-6-12/h8H,3-7H2,1-2H3,(H,14,15). The van der Waals surface area contributed by atoms with Gasteiger partial charge in [-0.25, -0.2) is 8.42 Å². The molecule has 1 rings (SSSR count). The predicted molar refractivity (Wildman–Crippen MR) is 64.5 cm³/mol. The normalized spacial score (nSPS) is 18.1. The van der Waals surface area contributed by atoms with Gasteiger partial charge in [0.2, 0.25) is 15.9 Å². The second-order valence-electron chi connectivity index (χ2n) is 4.37. The van der Waals surface area contributed by atoms with Crippen LogP contribution in [0.1, 0.15) is 19.8 Å². The molecule has 1 heterocycles. The van der Waals surface area contributed by atoms with Crippen LogP contribution in [0.25, 0.3) is 0 Å². The van der Waals surface area contributed by atoms with Gasteiger partial charge in [-0.2, -0.15) is 4.31 Å². The van der Waals surface area contributed by atoms with E-state index in [9.17, 15) is 18.0 Å². The first-order chi connectivity index (χ1) is 8.26. The average molecular weight is 278 g/mol. The fourth-order valence-electron chi connectivity index (χ4n) is 1.74. The third-order valence-corrected chi connectivity index (χ3v) is 5.14. The molecule has 1 saturated heterocycles. The molecule has 104 valence electrons. The molecule has 1 amide bonds. The van der Waals surface area contributed by atoms with Gasteiger partial charge in [-0.3, -0.25) is 9.59 Å². The van der Waals surface area contributed by atoms with Gasteiger partial charge in [-0.15, -0.1) is 0 Å². The summed E-state index contributed by atoms with van der Waals surface area (Å²) < 4.78 is 24.4. The number of likely N-dealkylation sites (N-methyl/N-ethyl adjacent to an activating group) is 1. The Morgan fingerprint density at radius 1 is 1.33 bits per heavy atom. The van der Waals surface area contributed by atoms with E-state index in [4.69, 9.17) is 5.11 Å². The number of hydrogen-bond donors (Lipinski definition) is 1. The molecule has 0 bridgehead atoms. The highest BCUT2D eigenvalue weighted by atomic mass is 32.2. The Labute approximate surface area is 106 Å². The number of nitrogens with zero attached hydrogens (tertiary/aromatic N) is 2. The van der Waals surface area contributed by atoms with E-state index in [2.05, 4.69) is 0 Å². The Bertz CT molecular complexity index is 428. The molecule has 0 aromatic rings. The molecule has 1 fully saturated rings. The van der Waals surface area contributed by atoms with E-state index in [-0.39, 0.29) is 12.5 Å². The molecule has 0 aliphatic carbocycles. The number of aliphatic carboxylic acids is 1. The zero-order valence-corrected chi connectivity index (χ0v) is 11.3. The first kappa shape index (κ1) is 14.9. The van der Waals surface area contributed by atoms with Gasteiger partial charge in [0.1, 0.15) is 0 Å². The molecule has 0 radical (unpaired) electrons. The van der Waals surface area contributed by atoms with E-state index < -0.39 is 21.2 Å². The van der Waals surface area contributed by atoms with Gasteiger partial charge < -0.3 is 10.0 Å². The summed E-state index contributed by atoms with van der Waals surface area (Å²) in [4.78, 5) is 24.1. The SMILES string of the molecule is CC(C(=O)O)S(=O)(=O)N(C)CC(=O)N1CCCC1. The third-order valence-electron chi connectivity index (χ3n) is 3.05. The minimum atomic E-state index is -3.98. The van der Waals surface area contributed by atoms with E-state index >= 15 is 0 Å². The van der Waals surface area contributed by atoms with Crippen LogP contribution in [0, 0.1) is 0 Å². The first-order valence-electron chi connectivity index (χ1n) is 5.72. The van der Waals surface area contributed by atoms with Crippen LogP contribution in [0.3, 0.4) is 0 Å². The van der Waals surface area contributed by atoms with Crippen molar-refractivity contribution in [2.75, 3.05) is 26.7 Å². The molecule has 0 aromatic carbocycles. The van der Waals surface area contributed by atoms with Crippen LogP contribution < -0.4 is 0 Å². The monoisotopic (exact) mass is 278 g/mol. The van der Waals surface area contributed by atoms with Crippen molar-refractivity contribution in [1.82, 2.24) is 9.21 Å². The zero-order chi connectivity index (χ0) is 13.9. The Balaban J connectivity index is 2.66. The Morgan fingerprint density at radius 3 is 2.28 bits per heavy atom. The van der Waals surface area contributed by atoms with Crippen LogP contribution >= 0.6 is 0 Å². The van der Waals surface area contributed by atoms with Crippen LogP contribution in [-0.2, 0) is 19.6 Å². The molecule has 0 aromatic heterocycles. The van der Waals surface area contributed by atoms with Gasteiger partial charge in [0.05, 0.1) is 6.54 Å². The van der Waals surface area contributed by atoms with Crippen molar-refractivity contribution in [1.29, 1.82) is 0 Å². The molecule has 1 aliphatic rings. The van der Waals surface area contributed by atoms with Gasteiger partial charge in [-0.1, -0.05) is 0 Å². The summed E-state index contributed by atoms with van der Waals surface area (Å²) in [7, 11) is -2.75. The maximum atomic E-state index is 11.8. The van der Waals surface area contributed by atoms with Crippen molar-refractivity contribution in [3.05, 3.63) is 0 Å². The quantitative estimate of drug-likeness (QED) is 0.720. The van der Waals surface area contributed by atoms with Gasteiger partial charge in [0, 0.05) is 20.1 Å². The van der Waals surface area contributed by atoms with Crippen LogP contribution in [0.15, 0.2) is 0 Å². The highest BCUT2D eigenvalue weighted by molar-refractivity contribution is 7.90. The first-order valence-corrected chi connectivity index (χ1v) is 7.23. The lowest BCUT2D eigenvalue weighted by atomic mass is 10.4. The number of carboxylic acids is 1. The topological polar surface area (TPSA) is 95.0 Å². The molecular weight excluding hydrogens is 260 g/mol. The largest absolute Gasteiger partial charge is 0.480 e. The summed E-state index contributed by atoms with van der Waals surface area (Å²) in [6, 6.07) is 0. The summed E-state index contributed by atoms with van der Waals surface area (Å²) >= 11 is 0. The molecule has 18 heavy (non-hydrogen) atoms. The minimum Gasteiger partial charge on any atom is -0.480 e. The smallest absolute Gasteiger partial charge is 0.323 e. The second-order valence-corrected chi connectivity index (χ2v) is 6.73. The molecular formula is C10H18N2O5S. The van der Waals surface area contributed by atoms with Gasteiger partial charge in [0.15, 0.2) is 5.25 Å². The lowest BCUT2D eigenvalue weighted by Gasteiger charge is -2.22. The van der Waals surface area contributed by atoms with Crippen molar-refractivity contribution in [2.45, 2.75) is 25.0 Å². The van der Waals surface area contributed by atoms with Crippen molar-refractivity contribution < 1.29 is 23.1 Å². The van der Waals surface area contributed by atoms with E-state index in [1.165, 1.54) is 7.05 Å². The van der Waals surface area contributed by atoms with Gasteiger partial charge >= 0.3 is 5.97 Å². The van der Waals surface area contributed by atoms with Crippen molar-refractivity contribution in [2.24, 2.45) is 0 Å². The second kappa shape index (κ2) is 5.66. The van der Waals surface area contributed by atoms with Crippen molar-refractivity contribution in [3.8, 4) is 0 Å². The number of carboxylic acid groups (broad SMARTS) is 1. The van der Waals surface area contributed by atoms with E-state index in [1.54, 1.807) is 4.90 Å². The van der Waals surface area contributed by atoms with Crippen LogP contribution in [-0.4, -0.2) is 66.5 Å². The van der Waals surface area contributed by atoms with Crippen LogP contribution in [0.4, 0.5) is 0 Å². The summed E-state index contributed by atoms with van der Waals surface area (Å²) in [6.07, 6.45) is 1.85. The Hall–Kier alpha value is -1.15. The van der Waals surface area contributed by atoms with Crippen LogP contribution in [0.5, 0.6) is 0 Å². The summed E-state index contributed by atoms with van der Waals surface area (Å²) in [5.41, 5.74) is 0. The summed E-state index contributed by atoms with van der Waals surface area (Å²) in [6.45, 7) is 2.07. The lowest BCUT2D eigenvalue weighted by Crippen LogP contribution is -2.44. The van der Waals surface area contributed by atoms with Gasteiger partial charge in [0.25, 0.3) is 0 Å². The molecule has 1 N–H and O–H groups in total. The number of likely N-dealkylation sites (tertiary alicyclic amines) is 1. The number of rotatable bonds is 5. The molecule has 7 nitrogen and oxygen atoms in total. The highest BCUT2D eigenvalue weighted by Gasteiger charge is 2.33. The highest BCUT2D eigenvalue weighted by Crippen LogP contribution is 2.11. The van der Waals surface area contributed by atoms with E-state index in [1.807, 2.05) is 0 Å².